The van der Waals surface area contributed by atoms with Crippen molar-refractivity contribution >= 4 is 17.6 Å². The first kappa shape index (κ1) is 22.6. The van der Waals surface area contributed by atoms with Crippen LogP contribution < -0.4 is 4.90 Å². The number of anilines is 1. The van der Waals surface area contributed by atoms with Gasteiger partial charge in [-0.05, 0) is 38.3 Å². The molecular formula is C25H31N5O4. The summed E-state index contributed by atoms with van der Waals surface area (Å²) in [7, 11) is 0. The Balaban J connectivity index is 1.09. The van der Waals surface area contributed by atoms with Gasteiger partial charge >= 0.3 is 6.09 Å². The maximum absolute atomic E-state index is 12.9. The Hall–Kier alpha value is -3.20. The van der Waals surface area contributed by atoms with Gasteiger partial charge in [-0.15, -0.1) is 0 Å². The second kappa shape index (κ2) is 8.87. The predicted octanol–water partition coefficient (Wildman–Crippen LogP) is 3.69. The zero-order chi connectivity index (χ0) is 23.9. The van der Waals surface area contributed by atoms with Gasteiger partial charge in [-0.1, -0.05) is 30.3 Å². The van der Waals surface area contributed by atoms with Gasteiger partial charge in [0.1, 0.15) is 18.1 Å². The number of pyridine rings is 1. The van der Waals surface area contributed by atoms with E-state index >= 15 is 0 Å². The standard InChI is InChI=1S/C25H31N5O4/c1-18-14-29(19(2)13-28(18)23-9-8-21(12-26-23)30(32)33)24(31)34-22-10-25(11-22)16-27(17-25)15-20-6-4-3-5-7-20/h3-9,12,18-19,22H,10-11,13-17H2,1-2H3/t18-,19+/m0/s1. The lowest BCUT2D eigenvalue weighted by atomic mass is 9.61. The van der Waals surface area contributed by atoms with Gasteiger partial charge in [0.2, 0.25) is 0 Å². The summed E-state index contributed by atoms with van der Waals surface area (Å²) >= 11 is 0. The van der Waals surface area contributed by atoms with E-state index in [-0.39, 0.29) is 30.0 Å². The Morgan fingerprint density at radius 2 is 1.85 bits per heavy atom. The fourth-order valence-corrected chi connectivity index (χ4v) is 5.67. The normalized spacial score (nSPS) is 24.4. The highest BCUT2D eigenvalue weighted by molar-refractivity contribution is 5.69. The number of aromatic nitrogens is 1. The number of hydrogen-bond donors (Lipinski definition) is 0. The van der Waals surface area contributed by atoms with Gasteiger partial charge in [0.15, 0.2) is 0 Å². The molecule has 1 aromatic carbocycles. The van der Waals surface area contributed by atoms with Gasteiger partial charge in [0.25, 0.3) is 5.69 Å². The molecule has 2 atom stereocenters. The van der Waals surface area contributed by atoms with Crippen LogP contribution in [0, 0.1) is 15.5 Å². The van der Waals surface area contributed by atoms with Crippen LogP contribution in [0.1, 0.15) is 32.3 Å². The second-order valence-electron chi connectivity index (χ2n) is 10.2. The Labute approximate surface area is 199 Å². The number of piperazine rings is 1. The Morgan fingerprint density at radius 1 is 1.12 bits per heavy atom. The molecule has 1 aromatic heterocycles. The molecule has 2 aliphatic heterocycles. The van der Waals surface area contributed by atoms with E-state index in [0.29, 0.717) is 24.3 Å². The van der Waals surface area contributed by atoms with Crippen molar-refractivity contribution in [1.82, 2.24) is 14.8 Å². The topological polar surface area (TPSA) is 92.0 Å². The highest BCUT2D eigenvalue weighted by atomic mass is 16.6. The molecule has 2 saturated heterocycles. The van der Waals surface area contributed by atoms with E-state index in [1.807, 2.05) is 19.9 Å². The molecule has 1 spiro atoms. The lowest BCUT2D eigenvalue weighted by Gasteiger charge is -2.58. The molecule has 0 bridgehead atoms. The van der Waals surface area contributed by atoms with Crippen molar-refractivity contribution in [2.45, 2.75) is 51.4 Å². The molecule has 3 aliphatic rings. The van der Waals surface area contributed by atoms with Crippen molar-refractivity contribution in [3.8, 4) is 0 Å². The lowest BCUT2D eigenvalue weighted by molar-refractivity contribution is -0.385. The monoisotopic (exact) mass is 465 g/mol. The number of hydrogen-bond acceptors (Lipinski definition) is 7. The molecule has 2 aromatic rings. The van der Waals surface area contributed by atoms with Gasteiger partial charge in [-0.25, -0.2) is 9.78 Å². The van der Waals surface area contributed by atoms with Crippen molar-refractivity contribution in [3.05, 3.63) is 64.3 Å². The van der Waals surface area contributed by atoms with Crippen molar-refractivity contribution in [2.24, 2.45) is 5.41 Å². The molecule has 0 radical (unpaired) electrons. The van der Waals surface area contributed by atoms with Crippen LogP contribution >= 0.6 is 0 Å². The zero-order valence-corrected chi connectivity index (χ0v) is 19.7. The maximum Gasteiger partial charge on any atom is 0.410 e. The van der Waals surface area contributed by atoms with E-state index < -0.39 is 4.92 Å². The number of ether oxygens (including phenoxy) is 1. The zero-order valence-electron chi connectivity index (χ0n) is 19.7. The van der Waals surface area contributed by atoms with Crippen LogP contribution in [0.25, 0.3) is 0 Å². The number of likely N-dealkylation sites (tertiary alicyclic amines) is 1. The summed E-state index contributed by atoms with van der Waals surface area (Å²) in [6.45, 7) is 8.29. The first-order chi connectivity index (χ1) is 16.3. The fraction of sp³-hybridized carbons (Fsp3) is 0.520. The summed E-state index contributed by atoms with van der Waals surface area (Å²) in [6, 6.07) is 13.6. The van der Waals surface area contributed by atoms with Crippen molar-refractivity contribution in [1.29, 1.82) is 0 Å². The molecule has 34 heavy (non-hydrogen) atoms. The third kappa shape index (κ3) is 4.44. The average molecular weight is 466 g/mol. The Kier molecular flexibility index (Phi) is 5.89. The predicted molar refractivity (Wildman–Crippen MR) is 128 cm³/mol. The van der Waals surface area contributed by atoms with Gasteiger partial charge in [0.05, 0.1) is 4.92 Å². The van der Waals surface area contributed by atoms with Gasteiger partial charge in [-0.3, -0.25) is 15.0 Å². The summed E-state index contributed by atoms with van der Waals surface area (Å²) in [5, 5.41) is 10.9. The van der Waals surface area contributed by atoms with Gasteiger partial charge < -0.3 is 14.5 Å². The molecule has 5 rings (SSSR count). The molecule has 0 N–H and O–H groups in total. The van der Waals surface area contributed by atoms with E-state index in [9.17, 15) is 14.9 Å². The third-order valence-corrected chi connectivity index (χ3v) is 7.41. The summed E-state index contributed by atoms with van der Waals surface area (Å²) in [6.07, 6.45) is 2.93. The van der Waals surface area contributed by atoms with Crippen LogP contribution in [0.5, 0.6) is 0 Å². The van der Waals surface area contributed by atoms with Crippen molar-refractivity contribution < 1.29 is 14.5 Å². The van der Waals surface area contributed by atoms with E-state index in [2.05, 4.69) is 39.0 Å². The van der Waals surface area contributed by atoms with Crippen LogP contribution in [0.4, 0.5) is 16.3 Å². The fourth-order valence-electron chi connectivity index (χ4n) is 5.67. The molecule has 0 unspecified atom stereocenters. The molecule has 9 nitrogen and oxygen atoms in total. The van der Waals surface area contributed by atoms with Crippen LogP contribution in [0.15, 0.2) is 48.7 Å². The highest BCUT2D eigenvalue weighted by Gasteiger charge is 2.54. The van der Waals surface area contributed by atoms with Crippen LogP contribution in [-0.2, 0) is 11.3 Å². The summed E-state index contributed by atoms with van der Waals surface area (Å²) < 4.78 is 5.87. The number of carbonyl (C=O) groups excluding carboxylic acids is 1. The summed E-state index contributed by atoms with van der Waals surface area (Å²) in [5.74, 6) is 0.684. The van der Waals surface area contributed by atoms with Crippen molar-refractivity contribution in [3.63, 3.8) is 0 Å². The number of nitrogens with zero attached hydrogens (tertiary/aromatic N) is 5. The largest absolute Gasteiger partial charge is 0.446 e. The van der Waals surface area contributed by atoms with E-state index in [0.717, 1.165) is 32.5 Å². The van der Waals surface area contributed by atoms with Crippen LogP contribution in [0.3, 0.4) is 0 Å². The maximum atomic E-state index is 12.9. The first-order valence-corrected chi connectivity index (χ1v) is 11.9. The molecule has 3 fully saturated rings. The minimum absolute atomic E-state index is 0.00301. The highest BCUT2D eigenvalue weighted by Crippen LogP contribution is 2.50. The minimum atomic E-state index is -0.453. The minimum Gasteiger partial charge on any atom is -0.446 e. The number of carbonyl (C=O) groups is 1. The van der Waals surface area contributed by atoms with Crippen LogP contribution in [0.2, 0.25) is 0 Å². The average Bonchev–Trinajstić information content (AvgIpc) is 2.78. The Morgan fingerprint density at radius 3 is 2.50 bits per heavy atom. The summed E-state index contributed by atoms with van der Waals surface area (Å²) in [5.41, 5.74) is 1.63. The number of nitro groups is 1. The second-order valence-corrected chi connectivity index (χ2v) is 10.2. The number of rotatable bonds is 5. The van der Waals surface area contributed by atoms with E-state index in [1.165, 1.54) is 17.8 Å². The Bertz CT molecular complexity index is 1030. The molecule has 180 valence electrons. The smallest absolute Gasteiger partial charge is 0.410 e. The summed E-state index contributed by atoms with van der Waals surface area (Å²) in [4.78, 5) is 34.0. The quantitative estimate of drug-likeness (QED) is 0.491. The number of benzene rings is 1. The van der Waals surface area contributed by atoms with Gasteiger partial charge in [0, 0.05) is 56.3 Å². The molecular weight excluding hydrogens is 434 g/mol. The number of amides is 1. The molecule has 3 heterocycles. The molecule has 1 saturated carbocycles. The molecule has 1 aliphatic carbocycles. The van der Waals surface area contributed by atoms with Crippen LogP contribution in [-0.4, -0.2) is 70.2 Å². The van der Waals surface area contributed by atoms with E-state index in [1.54, 1.807) is 11.0 Å². The SMILES string of the molecule is C[C@@H]1CN(c2ccc([N+](=O)[O-])cn2)[C@@H](C)CN1C(=O)OC1CC2(C1)CN(Cc1ccccc1)C2. The lowest BCUT2D eigenvalue weighted by Crippen LogP contribution is -2.64. The third-order valence-electron chi connectivity index (χ3n) is 7.41. The molecule has 9 heteroatoms. The first-order valence-electron chi connectivity index (χ1n) is 11.9. The van der Waals surface area contributed by atoms with Crippen molar-refractivity contribution in [2.75, 3.05) is 31.1 Å². The van der Waals surface area contributed by atoms with E-state index in [4.69, 9.17) is 4.74 Å². The molecule has 1 amide bonds. The van der Waals surface area contributed by atoms with Gasteiger partial charge in [-0.2, -0.15) is 0 Å².